The predicted octanol–water partition coefficient (Wildman–Crippen LogP) is 2.27. The van der Waals surface area contributed by atoms with Crippen LogP contribution in [-0.4, -0.2) is 31.5 Å². The molecule has 0 aromatic rings. The number of ether oxygens (including phenoxy) is 1. The Morgan fingerprint density at radius 3 is 2.76 bits per heavy atom. The molecule has 2 rings (SSSR count). The van der Waals surface area contributed by atoms with Gasteiger partial charge < -0.3 is 4.74 Å². The summed E-state index contributed by atoms with van der Waals surface area (Å²) in [5.41, 5.74) is 2.40. The fraction of sp³-hybridized carbons (Fsp3) is 1.00. The number of hydrogen-bond donors (Lipinski definition) is 1. The van der Waals surface area contributed by atoms with Crippen LogP contribution in [0.3, 0.4) is 0 Å². The summed E-state index contributed by atoms with van der Waals surface area (Å²) in [4.78, 5) is 4.56. The third-order valence-corrected chi connectivity index (χ3v) is 3.78. The maximum absolute atomic E-state index is 12.0. The van der Waals surface area contributed by atoms with Crippen LogP contribution in [-0.2, 0) is 9.57 Å². The summed E-state index contributed by atoms with van der Waals surface area (Å²) in [5.74, 6) is 0.270. The molecule has 0 spiro atoms. The van der Waals surface area contributed by atoms with E-state index in [4.69, 9.17) is 4.74 Å². The van der Waals surface area contributed by atoms with E-state index in [0.29, 0.717) is 0 Å². The van der Waals surface area contributed by atoms with Crippen molar-refractivity contribution in [2.45, 2.75) is 45.0 Å². The third-order valence-electron chi connectivity index (χ3n) is 3.78. The highest BCUT2D eigenvalue weighted by atomic mass is 19.4. The summed E-state index contributed by atoms with van der Waals surface area (Å²) in [5, 5.41) is 0. The lowest BCUT2D eigenvalue weighted by Crippen LogP contribution is -2.69. The Balaban J connectivity index is 1.84. The van der Waals surface area contributed by atoms with Gasteiger partial charge >= 0.3 is 6.18 Å². The molecule has 1 aliphatic carbocycles. The maximum Gasteiger partial charge on any atom is 0.413 e. The number of hydroxylamine groups is 1. The molecule has 1 saturated carbocycles. The molecule has 17 heavy (non-hydrogen) atoms. The minimum Gasteiger partial charge on any atom is -0.377 e. The largest absolute Gasteiger partial charge is 0.413 e. The first-order chi connectivity index (χ1) is 7.82. The lowest BCUT2D eigenvalue weighted by atomic mass is 9.55. The Kier molecular flexibility index (Phi) is 3.40. The van der Waals surface area contributed by atoms with Gasteiger partial charge in [0, 0.05) is 24.0 Å². The monoisotopic (exact) mass is 253 g/mol. The average molecular weight is 253 g/mol. The second-order valence-corrected chi connectivity index (χ2v) is 5.42. The summed E-state index contributed by atoms with van der Waals surface area (Å²) in [6, 6.07) is -0.0600. The molecule has 3 unspecified atom stereocenters. The van der Waals surface area contributed by atoms with Crippen molar-refractivity contribution in [1.82, 2.24) is 5.48 Å². The molecule has 2 aliphatic rings. The Hall–Kier alpha value is -0.330. The molecular formula is C11H18F3NO2. The number of alkyl halides is 3. The maximum atomic E-state index is 12.0. The van der Waals surface area contributed by atoms with Crippen molar-refractivity contribution in [3.63, 3.8) is 0 Å². The van der Waals surface area contributed by atoms with Crippen molar-refractivity contribution in [3.05, 3.63) is 0 Å². The predicted molar refractivity (Wildman–Crippen MR) is 55.2 cm³/mol. The van der Waals surface area contributed by atoms with Crippen molar-refractivity contribution < 1.29 is 22.7 Å². The highest BCUT2D eigenvalue weighted by Crippen LogP contribution is 2.51. The Morgan fingerprint density at radius 1 is 1.41 bits per heavy atom. The van der Waals surface area contributed by atoms with E-state index in [1.54, 1.807) is 0 Å². The van der Waals surface area contributed by atoms with Crippen LogP contribution in [0.15, 0.2) is 0 Å². The topological polar surface area (TPSA) is 30.5 Å². The quantitative estimate of drug-likeness (QED) is 0.783. The van der Waals surface area contributed by atoms with Gasteiger partial charge in [-0.1, -0.05) is 13.8 Å². The van der Waals surface area contributed by atoms with E-state index in [-0.39, 0.29) is 23.5 Å². The Labute approximate surface area is 98.6 Å². The van der Waals surface area contributed by atoms with Crippen molar-refractivity contribution in [1.29, 1.82) is 0 Å². The number of hydrogen-bond acceptors (Lipinski definition) is 3. The fourth-order valence-corrected chi connectivity index (χ4v) is 2.98. The van der Waals surface area contributed by atoms with E-state index in [0.717, 1.165) is 19.4 Å². The van der Waals surface area contributed by atoms with E-state index < -0.39 is 12.8 Å². The third kappa shape index (κ3) is 2.58. The van der Waals surface area contributed by atoms with Crippen LogP contribution in [0.4, 0.5) is 13.2 Å². The molecule has 3 nitrogen and oxygen atoms in total. The molecule has 1 aliphatic heterocycles. The van der Waals surface area contributed by atoms with Crippen molar-refractivity contribution >= 4 is 0 Å². The number of halogens is 3. The van der Waals surface area contributed by atoms with E-state index >= 15 is 0 Å². The van der Waals surface area contributed by atoms with Crippen LogP contribution in [0.25, 0.3) is 0 Å². The van der Waals surface area contributed by atoms with E-state index in [9.17, 15) is 13.2 Å². The minimum atomic E-state index is -4.29. The van der Waals surface area contributed by atoms with Crippen molar-refractivity contribution in [2.24, 2.45) is 11.3 Å². The lowest BCUT2D eigenvalue weighted by molar-refractivity contribution is -0.244. The first kappa shape index (κ1) is 13.1. The van der Waals surface area contributed by atoms with Gasteiger partial charge in [-0.05, 0) is 12.8 Å². The van der Waals surface area contributed by atoms with Crippen LogP contribution in [0.1, 0.15) is 26.7 Å². The van der Waals surface area contributed by atoms with Crippen LogP contribution >= 0.6 is 0 Å². The van der Waals surface area contributed by atoms with Crippen molar-refractivity contribution in [2.75, 3.05) is 13.2 Å². The summed E-state index contributed by atoms with van der Waals surface area (Å²) < 4.78 is 41.5. The van der Waals surface area contributed by atoms with Crippen molar-refractivity contribution in [3.8, 4) is 0 Å². The minimum absolute atomic E-state index is 0.0600. The molecule has 100 valence electrons. The zero-order valence-corrected chi connectivity index (χ0v) is 10.0. The van der Waals surface area contributed by atoms with Crippen LogP contribution in [0.5, 0.6) is 0 Å². The standard InChI is InChI=1S/C11H18F3NO2/c1-10(2)8(15-17-6-11(12,13)14)7-4-3-5-16-9(7)10/h7-9,15H,3-6H2,1-2H3. The zero-order valence-electron chi connectivity index (χ0n) is 10.0. The molecule has 0 radical (unpaired) electrons. The fourth-order valence-electron chi connectivity index (χ4n) is 2.98. The molecule has 0 aromatic heterocycles. The molecule has 1 heterocycles. The van der Waals surface area contributed by atoms with E-state index in [2.05, 4.69) is 10.3 Å². The zero-order chi connectivity index (χ0) is 12.7. The molecule has 3 atom stereocenters. The Morgan fingerprint density at radius 2 is 2.12 bits per heavy atom. The van der Waals surface area contributed by atoms with E-state index in [1.807, 2.05) is 13.8 Å². The summed E-state index contributed by atoms with van der Waals surface area (Å²) in [6.07, 6.45) is -2.19. The molecule has 6 heteroatoms. The molecule has 2 fully saturated rings. The van der Waals surface area contributed by atoms with Gasteiger partial charge in [0.05, 0.1) is 6.10 Å². The molecule has 0 aromatic carbocycles. The molecule has 1 N–H and O–H groups in total. The molecule has 0 bridgehead atoms. The van der Waals surface area contributed by atoms with Crippen LogP contribution in [0, 0.1) is 11.3 Å². The smallest absolute Gasteiger partial charge is 0.377 e. The SMILES string of the molecule is CC1(C)C(NOCC(F)(F)F)C2CCCOC21. The van der Waals surface area contributed by atoms with Gasteiger partial charge in [-0.15, -0.1) is 0 Å². The Bertz CT molecular complexity index is 280. The summed E-state index contributed by atoms with van der Waals surface area (Å²) >= 11 is 0. The van der Waals surface area contributed by atoms with Gasteiger partial charge in [-0.25, -0.2) is 0 Å². The number of fused-ring (bicyclic) bond motifs is 1. The van der Waals surface area contributed by atoms with Gasteiger partial charge in [0.2, 0.25) is 0 Å². The highest BCUT2D eigenvalue weighted by molar-refractivity contribution is 5.09. The van der Waals surface area contributed by atoms with Gasteiger partial charge in [0.25, 0.3) is 0 Å². The van der Waals surface area contributed by atoms with Gasteiger partial charge in [0.15, 0.2) is 6.61 Å². The second-order valence-electron chi connectivity index (χ2n) is 5.42. The number of rotatable bonds is 3. The highest BCUT2D eigenvalue weighted by Gasteiger charge is 2.58. The average Bonchev–Trinajstić information content (AvgIpc) is 2.23. The van der Waals surface area contributed by atoms with E-state index in [1.165, 1.54) is 0 Å². The first-order valence-electron chi connectivity index (χ1n) is 5.88. The first-order valence-corrected chi connectivity index (χ1v) is 5.88. The second kappa shape index (κ2) is 4.40. The van der Waals surface area contributed by atoms with Crippen LogP contribution < -0.4 is 5.48 Å². The summed E-state index contributed by atoms with van der Waals surface area (Å²) in [6.45, 7) is 3.49. The van der Waals surface area contributed by atoms with Gasteiger partial charge in [-0.2, -0.15) is 18.7 Å². The van der Waals surface area contributed by atoms with Crippen LogP contribution in [0.2, 0.25) is 0 Å². The van der Waals surface area contributed by atoms with Gasteiger partial charge in [-0.3, -0.25) is 4.84 Å². The number of nitrogens with one attached hydrogen (secondary N) is 1. The summed E-state index contributed by atoms with van der Waals surface area (Å²) in [7, 11) is 0. The van der Waals surface area contributed by atoms with Gasteiger partial charge in [0.1, 0.15) is 0 Å². The molecule has 0 amide bonds. The molecule has 1 saturated heterocycles. The normalized spacial score (nSPS) is 36.2. The molecular weight excluding hydrogens is 235 g/mol. The lowest BCUT2D eigenvalue weighted by Gasteiger charge is -2.59.